The van der Waals surface area contributed by atoms with Gasteiger partial charge in [-0.25, -0.2) is 0 Å². The van der Waals surface area contributed by atoms with Crippen LogP contribution in [0.2, 0.25) is 0 Å². The highest BCUT2D eigenvalue weighted by molar-refractivity contribution is 6.01. The second-order valence-electron chi connectivity index (χ2n) is 24.5. The van der Waals surface area contributed by atoms with Crippen molar-refractivity contribution in [1.29, 1.82) is 0 Å². The molecule has 0 aliphatic rings. The molecule has 0 aromatic heterocycles. The van der Waals surface area contributed by atoms with Crippen LogP contribution in [-0.4, -0.2) is 244 Å². The van der Waals surface area contributed by atoms with Crippen LogP contribution in [0, 0.1) is 0 Å². The third kappa shape index (κ3) is 32.3. The van der Waals surface area contributed by atoms with Gasteiger partial charge in [0, 0.05) is 0 Å². The Morgan fingerprint density at radius 1 is 0.158 bits per heavy atom. The molecule has 0 heterocycles. The van der Waals surface area contributed by atoms with E-state index in [1.807, 2.05) is 0 Å². The maximum Gasteiger partial charge on any atom is 0.325 e. The molecule has 0 radical (unpaired) electrons. The van der Waals surface area contributed by atoms with Crippen molar-refractivity contribution in [1.82, 2.24) is 101 Å². The van der Waals surface area contributed by atoms with Crippen LogP contribution < -0.4 is 107 Å². The number of nitrogens with two attached hydrogens (primary N) is 1. The number of amides is 19. The van der Waals surface area contributed by atoms with Gasteiger partial charge >= 0.3 is 5.97 Å². The van der Waals surface area contributed by atoms with E-state index in [0.29, 0.717) is 0 Å². The minimum Gasteiger partial charge on any atom is -0.480 e. The molecule has 0 fully saturated rings. The summed E-state index contributed by atoms with van der Waals surface area (Å²) in [6, 6.07) is -24.6. The standard InChI is InChI=1S/C60H102N20O21/c1-21(61)41(81)62-22(2)42(82)63-23(3)43(83)64-24(4)44(84)65-25(5)45(85)66-26(6)46(86)67-27(7)47(87)68-28(8)48(88)69-29(9)49(89)70-30(10)50(90)71-31(11)51(91)72-32(12)52(92)73-33(13)53(93)74-34(14)54(94)75-35(15)55(95)76-36(16)56(96)77-37(17)57(97)78-38(18)58(98)79-39(19)59(99)80-40(20)60(100)101/h21-40H,61H2,1-20H3,(H,62,81)(H,63,82)(H,64,83)(H,65,84)(H,66,85)(H,67,86)(H,68,87)(H,69,88)(H,70,89)(H,71,90)(H,72,91)(H,73,92)(H,74,93)(H,75,94)(H,76,95)(H,77,96)(H,78,97)(H,79,98)(H,80,99)(H,100,101)/t21-,22-,23-,24-,25-,26-,27-,28-,29-,30-,31-,32-,33-,34-,35-,36-,37-,38-,39-,40-/m0/s1. The molecular formula is C60H102N20O21. The normalized spacial score (nSPS) is 16.8. The first-order valence-electron chi connectivity index (χ1n) is 32.2. The van der Waals surface area contributed by atoms with Crippen LogP contribution in [0.3, 0.4) is 0 Å². The summed E-state index contributed by atoms with van der Waals surface area (Å²) in [5.74, 6) is -16.9. The summed E-state index contributed by atoms with van der Waals surface area (Å²) in [6.07, 6.45) is 0. The molecule has 22 N–H and O–H groups in total. The van der Waals surface area contributed by atoms with E-state index in [1.165, 1.54) is 138 Å². The van der Waals surface area contributed by atoms with E-state index in [9.17, 15) is 95.9 Å². The van der Waals surface area contributed by atoms with E-state index in [2.05, 4.69) is 101 Å². The summed E-state index contributed by atoms with van der Waals surface area (Å²) in [6.45, 7) is 25.8. The SMILES string of the molecule is C[C@H](N)C(=O)N[C@@H](C)C(=O)N[C@@H](C)C(=O)N[C@@H](C)C(=O)N[C@@H](C)C(=O)N[C@@H](C)C(=O)N[C@@H](C)C(=O)N[C@@H](C)C(=O)N[C@@H](C)C(=O)N[C@@H](C)C(=O)N[C@@H](C)C(=O)N[C@@H](C)C(=O)N[C@@H](C)C(=O)N[C@@H](C)C(=O)N[C@@H](C)C(=O)N[C@@H](C)C(=O)N[C@@H](C)C(=O)N[C@@H](C)C(=O)N[C@@H](C)C(=O)N[C@@H](C)C(=O)O. The predicted octanol–water partition coefficient (Wildman–Crippen LogP) is -9.99. The highest BCUT2D eigenvalue weighted by Gasteiger charge is 2.34. The molecule has 0 bridgehead atoms. The predicted molar refractivity (Wildman–Crippen MR) is 356 cm³/mol. The first-order chi connectivity index (χ1) is 46.4. The van der Waals surface area contributed by atoms with Gasteiger partial charge in [-0.05, 0) is 138 Å². The maximum atomic E-state index is 13.0. The quantitative estimate of drug-likeness (QED) is 0.0272. The van der Waals surface area contributed by atoms with E-state index in [1.54, 1.807) is 0 Å². The number of carboxylic acid groups (broad SMARTS) is 1. The van der Waals surface area contributed by atoms with Crippen LogP contribution in [0.4, 0.5) is 0 Å². The van der Waals surface area contributed by atoms with Crippen molar-refractivity contribution < 1.29 is 101 Å². The highest BCUT2D eigenvalue weighted by atomic mass is 16.4. The van der Waals surface area contributed by atoms with Crippen LogP contribution in [0.15, 0.2) is 0 Å². The van der Waals surface area contributed by atoms with Crippen LogP contribution >= 0.6 is 0 Å². The van der Waals surface area contributed by atoms with Gasteiger partial charge in [0.1, 0.15) is 115 Å². The lowest BCUT2D eigenvalue weighted by molar-refractivity contribution is -0.141. The highest BCUT2D eigenvalue weighted by Crippen LogP contribution is 2.01. The van der Waals surface area contributed by atoms with E-state index in [4.69, 9.17) is 10.8 Å². The Hall–Kier alpha value is -10.6. The fourth-order valence-electron chi connectivity index (χ4n) is 7.68. The molecule has 41 heteroatoms. The van der Waals surface area contributed by atoms with E-state index in [0.717, 1.165) is 0 Å². The average molecular weight is 1440 g/mol. The van der Waals surface area contributed by atoms with Gasteiger partial charge in [-0.2, -0.15) is 0 Å². The van der Waals surface area contributed by atoms with Gasteiger partial charge in [-0.15, -0.1) is 0 Å². The van der Waals surface area contributed by atoms with Gasteiger partial charge < -0.3 is 112 Å². The summed E-state index contributed by atoms with van der Waals surface area (Å²) in [5.41, 5.74) is 5.49. The van der Waals surface area contributed by atoms with Gasteiger partial charge in [0.2, 0.25) is 112 Å². The third-order valence-electron chi connectivity index (χ3n) is 14.7. The molecule has 20 atom stereocenters. The molecule has 19 amide bonds. The minimum absolute atomic E-state index is 0.592. The van der Waals surface area contributed by atoms with E-state index in [-0.39, 0.29) is 0 Å². The number of hydrogen-bond acceptors (Lipinski definition) is 21. The Kier molecular flexibility index (Phi) is 37.9. The smallest absolute Gasteiger partial charge is 0.325 e. The average Bonchev–Trinajstić information content (AvgIpc) is 0.894. The number of rotatable bonds is 39. The second-order valence-corrected chi connectivity index (χ2v) is 24.5. The maximum absolute atomic E-state index is 13.0. The lowest BCUT2D eigenvalue weighted by Gasteiger charge is -2.24. The van der Waals surface area contributed by atoms with Crippen LogP contribution in [0.5, 0.6) is 0 Å². The summed E-state index contributed by atoms with van der Waals surface area (Å²) in [4.78, 5) is 254. The number of nitrogens with one attached hydrogen (secondary N) is 19. The monoisotopic (exact) mass is 1440 g/mol. The van der Waals surface area contributed by atoms with Crippen molar-refractivity contribution in [2.75, 3.05) is 0 Å². The molecule has 41 nitrogen and oxygen atoms in total. The molecule has 0 spiro atoms. The van der Waals surface area contributed by atoms with Gasteiger partial charge in [-0.1, -0.05) is 0 Å². The number of aliphatic carboxylic acids is 1. The first kappa shape index (κ1) is 90.4. The zero-order chi connectivity index (χ0) is 78.5. The fraction of sp³-hybridized carbons (Fsp3) is 0.667. The number of carbonyl (C=O) groups is 20. The lowest BCUT2D eigenvalue weighted by atomic mass is 10.2. The molecule has 101 heavy (non-hydrogen) atoms. The molecule has 0 aromatic carbocycles. The summed E-state index contributed by atoms with van der Waals surface area (Å²) >= 11 is 0. The molecule has 0 unspecified atom stereocenters. The Morgan fingerprint density at radius 3 is 0.297 bits per heavy atom. The van der Waals surface area contributed by atoms with Crippen molar-refractivity contribution in [3.8, 4) is 0 Å². The number of carbonyl (C=O) groups excluding carboxylic acids is 19. The van der Waals surface area contributed by atoms with Crippen molar-refractivity contribution >= 4 is 118 Å². The lowest BCUT2D eigenvalue weighted by Crippen LogP contribution is -2.59. The minimum atomic E-state index is -1.31. The number of carboxylic acids is 1. The van der Waals surface area contributed by atoms with Crippen molar-refractivity contribution in [3.63, 3.8) is 0 Å². The van der Waals surface area contributed by atoms with Crippen molar-refractivity contribution in [3.05, 3.63) is 0 Å². The second kappa shape index (κ2) is 42.3. The summed E-state index contributed by atoms with van der Waals surface area (Å²) in [7, 11) is 0. The van der Waals surface area contributed by atoms with E-state index < -0.39 is 239 Å². The Bertz CT molecular complexity index is 3100. The zero-order valence-electron chi connectivity index (χ0n) is 60.2. The Balaban J connectivity index is 5.03. The van der Waals surface area contributed by atoms with Gasteiger partial charge in [0.25, 0.3) is 0 Å². The van der Waals surface area contributed by atoms with Crippen LogP contribution in [0.1, 0.15) is 138 Å². The molecule has 0 saturated carbocycles. The zero-order valence-corrected chi connectivity index (χ0v) is 60.2. The molecule has 0 aliphatic heterocycles. The topological polar surface area (TPSA) is 616 Å². The van der Waals surface area contributed by atoms with Crippen molar-refractivity contribution in [2.45, 2.75) is 259 Å². The van der Waals surface area contributed by atoms with Gasteiger partial charge in [-0.3, -0.25) is 95.9 Å². The van der Waals surface area contributed by atoms with Crippen LogP contribution in [-0.2, 0) is 95.9 Å². The van der Waals surface area contributed by atoms with Gasteiger partial charge in [0.15, 0.2) is 0 Å². The molecule has 0 rings (SSSR count). The largest absolute Gasteiger partial charge is 0.480 e. The fourth-order valence-corrected chi connectivity index (χ4v) is 7.68. The number of hydrogen-bond donors (Lipinski definition) is 21. The van der Waals surface area contributed by atoms with E-state index >= 15 is 0 Å². The molecule has 568 valence electrons. The third-order valence-corrected chi connectivity index (χ3v) is 14.7. The van der Waals surface area contributed by atoms with Crippen molar-refractivity contribution in [2.24, 2.45) is 5.73 Å². The molecular weight excluding hydrogens is 1340 g/mol. The molecule has 0 aliphatic carbocycles. The first-order valence-corrected chi connectivity index (χ1v) is 32.2. The van der Waals surface area contributed by atoms with Gasteiger partial charge in [0.05, 0.1) is 6.04 Å². The van der Waals surface area contributed by atoms with Crippen LogP contribution in [0.25, 0.3) is 0 Å². The Morgan fingerprint density at radius 2 is 0.228 bits per heavy atom. The Labute approximate surface area is 583 Å². The summed E-state index contributed by atoms with van der Waals surface area (Å²) < 4.78 is 0. The molecule has 0 aromatic rings. The summed E-state index contributed by atoms with van der Waals surface area (Å²) in [5, 5.41) is 53.8. The molecule has 0 saturated heterocycles.